The maximum atomic E-state index is 11.8. The Hall–Kier alpha value is -1.85. The van der Waals surface area contributed by atoms with E-state index in [0.717, 1.165) is 5.82 Å². The lowest BCUT2D eigenvalue weighted by molar-refractivity contribution is -0.143. The van der Waals surface area contributed by atoms with Crippen molar-refractivity contribution < 1.29 is 9.59 Å². The van der Waals surface area contributed by atoms with Gasteiger partial charge in [-0.05, 0) is 6.92 Å². The molecule has 2 rings (SSSR count). The maximum absolute atomic E-state index is 11.8. The molecule has 1 N–H and O–H groups in total. The topological polar surface area (TPSA) is 67.2 Å². The van der Waals surface area contributed by atoms with E-state index in [-0.39, 0.29) is 18.4 Å². The van der Waals surface area contributed by atoms with Crippen molar-refractivity contribution in [3.63, 3.8) is 0 Å². The summed E-state index contributed by atoms with van der Waals surface area (Å²) in [6.45, 7) is 2.38. The second-order valence-electron chi connectivity index (χ2n) is 4.25. The van der Waals surface area contributed by atoms with Crippen LogP contribution in [-0.2, 0) is 23.1 Å². The van der Waals surface area contributed by atoms with Crippen molar-refractivity contribution in [2.24, 2.45) is 7.05 Å². The number of hydrogen-bond acceptors (Lipinski definition) is 3. The van der Waals surface area contributed by atoms with Gasteiger partial charge in [-0.2, -0.15) is 0 Å². The zero-order valence-corrected chi connectivity index (χ0v) is 10.0. The van der Waals surface area contributed by atoms with Crippen molar-refractivity contribution in [3.05, 3.63) is 18.2 Å². The van der Waals surface area contributed by atoms with Gasteiger partial charge < -0.3 is 14.8 Å². The number of amides is 2. The molecule has 6 heteroatoms. The molecule has 1 saturated heterocycles. The van der Waals surface area contributed by atoms with Gasteiger partial charge in [0.15, 0.2) is 0 Å². The van der Waals surface area contributed by atoms with Gasteiger partial charge >= 0.3 is 0 Å². The lowest BCUT2D eigenvalue weighted by atomic mass is 10.2. The summed E-state index contributed by atoms with van der Waals surface area (Å²) in [5.74, 6) is 0.784. The number of piperazine rings is 1. The summed E-state index contributed by atoms with van der Waals surface area (Å²) in [5.41, 5.74) is 0. The van der Waals surface area contributed by atoms with Crippen LogP contribution in [0.1, 0.15) is 12.7 Å². The van der Waals surface area contributed by atoms with Crippen LogP contribution in [0.4, 0.5) is 0 Å². The lowest BCUT2D eigenvalue weighted by Crippen LogP contribution is -2.57. The molecule has 0 bridgehead atoms. The van der Waals surface area contributed by atoms with Gasteiger partial charge in [0.1, 0.15) is 11.9 Å². The van der Waals surface area contributed by atoms with Gasteiger partial charge in [-0.25, -0.2) is 4.98 Å². The van der Waals surface area contributed by atoms with Gasteiger partial charge in [-0.15, -0.1) is 0 Å². The first-order valence-corrected chi connectivity index (χ1v) is 5.62. The second kappa shape index (κ2) is 4.57. The predicted molar refractivity (Wildman–Crippen MR) is 61.1 cm³/mol. The molecule has 0 radical (unpaired) electrons. The number of aryl methyl sites for hydroxylation is 1. The Balaban J connectivity index is 1.96. The standard InChI is InChI=1S/C11H16N4O2/c1-8-11(17)15(7-10(16)13-8)5-3-9-12-4-6-14(9)2/h4,6,8H,3,5,7H2,1-2H3,(H,13,16). The molecule has 17 heavy (non-hydrogen) atoms. The summed E-state index contributed by atoms with van der Waals surface area (Å²) in [7, 11) is 1.91. The molecular formula is C11H16N4O2. The Morgan fingerprint density at radius 3 is 2.94 bits per heavy atom. The monoisotopic (exact) mass is 236 g/mol. The fraction of sp³-hybridized carbons (Fsp3) is 0.545. The SMILES string of the molecule is CC1NC(=O)CN(CCc2nccn2C)C1=O. The largest absolute Gasteiger partial charge is 0.343 e. The minimum absolute atomic E-state index is 0.0289. The first-order chi connectivity index (χ1) is 8.08. The molecule has 92 valence electrons. The number of nitrogens with one attached hydrogen (secondary N) is 1. The third kappa shape index (κ3) is 2.46. The van der Waals surface area contributed by atoms with Crippen LogP contribution in [0.15, 0.2) is 12.4 Å². The number of carbonyl (C=O) groups is 2. The van der Waals surface area contributed by atoms with Crippen molar-refractivity contribution in [1.29, 1.82) is 0 Å². The normalized spacial score (nSPS) is 20.6. The van der Waals surface area contributed by atoms with Gasteiger partial charge in [-0.1, -0.05) is 0 Å². The highest BCUT2D eigenvalue weighted by molar-refractivity contribution is 5.94. The van der Waals surface area contributed by atoms with Crippen LogP contribution in [0.2, 0.25) is 0 Å². The summed E-state index contributed by atoms with van der Waals surface area (Å²) in [4.78, 5) is 28.9. The minimum Gasteiger partial charge on any atom is -0.343 e. The number of hydrogen-bond donors (Lipinski definition) is 1. The van der Waals surface area contributed by atoms with Gasteiger partial charge in [-0.3, -0.25) is 9.59 Å². The van der Waals surface area contributed by atoms with E-state index in [4.69, 9.17) is 0 Å². The summed E-state index contributed by atoms with van der Waals surface area (Å²) < 4.78 is 1.91. The highest BCUT2D eigenvalue weighted by Crippen LogP contribution is 2.04. The van der Waals surface area contributed by atoms with Crippen molar-refractivity contribution in [2.75, 3.05) is 13.1 Å². The van der Waals surface area contributed by atoms with Crippen LogP contribution in [0.5, 0.6) is 0 Å². The Morgan fingerprint density at radius 1 is 1.53 bits per heavy atom. The number of rotatable bonds is 3. The summed E-state index contributed by atoms with van der Waals surface area (Å²) in [6.07, 6.45) is 4.25. The number of nitrogens with zero attached hydrogens (tertiary/aromatic N) is 3. The molecule has 2 amide bonds. The third-order valence-corrected chi connectivity index (χ3v) is 2.92. The lowest BCUT2D eigenvalue weighted by Gasteiger charge is -2.30. The molecule has 0 aromatic carbocycles. The third-order valence-electron chi connectivity index (χ3n) is 2.92. The van der Waals surface area contributed by atoms with E-state index in [0.29, 0.717) is 13.0 Å². The fourth-order valence-corrected chi connectivity index (χ4v) is 1.94. The van der Waals surface area contributed by atoms with Gasteiger partial charge in [0.05, 0.1) is 6.54 Å². The molecule has 1 atom stereocenters. The first-order valence-electron chi connectivity index (χ1n) is 5.62. The molecular weight excluding hydrogens is 220 g/mol. The summed E-state index contributed by atoms with van der Waals surface area (Å²) in [5, 5.41) is 2.61. The molecule has 1 aromatic rings. The second-order valence-corrected chi connectivity index (χ2v) is 4.25. The Morgan fingerprint density at radius 2 is 2.29 bits per heavy atom. The molecule has 1 unspecified atom stereocenters. The molecule has 0 spiro atoms. The molecule has 0 saturated carbocycles. The first kappa shape index (κ1) is 11.6. The fourth-order valence-electron chi connectivity index (χ4n) is 1.94. The molecule has 2 heterocycles. The quantitative estimate of drug-likeness (QED) is 0.755. The van der Waals surface area contributed by atoms with Crippen molar-refractivity contribution in [3.8, 4) is 0 Å². The smallest absolute Gasteiger partial charge is 0.245 e. The van der Waals surface area contributed by atoms with Crippen LogP contribution >= 0.6 is 0 Å². The maximum Gasteiger partial charge on any atom is 0.245 e. The van der Waals surface area contributed by atoms with Crippen LogP contribution in [0.25, 0.3) is 0 Å². The van der Waals surface area contributed by atoms with E-state index < -0.39 is 6.04 Å². The van der Waals surface area contributed by atoms with E-state index in [2.05, 4.69) is 10.3 Å². The van der Waals surface area contributed by atoms with E-state index in [9.17, 15) is 9.59 Å². The van der Waals surface area contributed by atoms with Crippen molar-refractivity contribution in [2.45, 2.75) is 19.4 Å². The number of carbonyl (C=O) groups excluding carboxylic acids is 2. The highest BCUT2D eigenvalue weighted by Gasteiger charge is 2.29. The highest BCUT2D eigenvalue weighted by atomic mass is 16.2. The molecule has 6 nitrogen and oxygen atoms in total. The minimum atomic E-state index is -0.419. The summed E-state index contributed by atoms with van der Waals surface area (Å²) in [6, 6.07) is -0.419. The Bertz CT molecular complexity index is 440. The molecule has 0 aliphatic carbocycles. The predicted octanol–water partition coefficient (Wildman–Crippen LogP) is -0.690. The molecule has 1 fully saturated rings. The summed E-state index contributed by atoms with van der Waals surface area (Å²) >= 11 is 0. The van der Waals surface area contributed by atoms with Crippen molar-refractivity contribution >= 4 is 11.8 Å². The molecule has 1 aromatic heterocycles. The van der Waals surface area contributed by atoms with Crippen LogP contribution in [-0.4, -0.2) is 45.4 Å². The zero-order valence-electron chi connectivity index (χ0n) is 10.0. The average Bonchev–Trinajstić information content (AvgIpc) is 2.67. The van der Waals surface area contributed by atoms with Gasteiger partial charge in [0.25, 0.3) is 0 Å². The van der Waals surface area contributed by atoms with Gasteiger partial charge in [0, 0.05) is 32.4 Å². The number of imidazole rings is 1. The Kier molecular flexibility index (Phi) is 3.12. The number of aromatic nitrogens is 2. The van der Waals surface area contributed by atoms with Crippen LogP contribution in [0.3, 0.4) is 0 Å². The molecule has 1 aliphatic heterocycles. The van der Waals surface area contributed by atoms with E-state index >= 15 is 0 Å². The zero-order chi connectivity index (χ0) is 12.4. The van der Waals surface area contributed by atoms with E-state index in [1.165, 1.54) is 0 Å². The molecule has 1 aliphatic rings. The van der Waals surface area contributed by atoms with E-state index in [1.54, 1.807) is 18.0 Å². The van der Waals surface area contributed by atoms with Crippen LogP contribution in [0, 0.1) is 0 Å². The average molecular weight is 236 g/mol. The van der Waals surface area contributed by atoms with Crippen LogP contribution < -0.4 is 5.32 Å². The van der Waals surface area contributed by atoms with E-state index in [1.807, 2.05) is 17.8 Å². The van der Waals surface area contributed by atoms with Gasteiger partial charge in [0.2, 0.25) is 11.8 Å². The Labute approximate surface area is 99.6 Å². The van der Waals surface area contributed by atoms with Crippen molar-refractivity contribution in [1.82, 2.24) is 19.8 Å².